The van der Waals surface area contributed by atoms with Crippen molar-refractivity contribution >= 4 is 38.3 Å². The van der Waals surface area contributed by atoms with E-state index in [9.17, 15) is 18.0 Å². The first-order chi connectivity index (χ1) is 15.8. The van der Waals surface area contributed by atoms with Crippen LogP contribution in [0, 0.1) is 0 Å². The average molecular weight is 464 g/mol. The van der Waals surface area contributed by atoms with Crippen LogP contribution in [-0.4, -0.2) is 28.5 Å². The molecule has 4 aromatic rings. The summed E-state index contributed by atoms with van der Waals surface area (Å²) < 4.78 is 37.6. The first kappa shape index (κ1) is 22.1. The van der Waals surface area contributed by atoms with Gasteiger partial charge in [0.05, 0.1) is 17.7 Å². The molecule has 1 N–H and O–H groups in total. The summed E-state index contributed by atoms with van der Waals surface area (Å²) in [7, 11) is -0.932. The van der Waals surface area contributed by atoms with Crippen LogP contribution in [0.3, 0.4) is 0 Å². The molecule has 3 aromatic carbocycles. The molecule has 0 spiro atoms. The Labute approximate surface area is 190 Å². The number of sulfonamides is 1. The van der Waals surface area contributed by atoms with Crippen molar-refractivity contribution in [1.82, 2.24) is 0 Å². The highest BCUT2D eigenvalue weighted by Gasteiger charge is 2.22. The van der Waals surface area contributed by atoms with Crippen molar-refractivity contribution in [2.45, 2.75) is 4.90 Å². The number of nitrogens with one attached hydrogen (secondary N) is 1. The van der Waals surface area contributed by atoms with E-state index in [0.717, 1.165) is 4.31 Å². The summed E-state index contributed by atoms with van der Waals surface area (Å²) in [5, 5.41) is 3.38. The Balaban J connectivity index is 1.58. The predicted molar refractivity (Wildman–Crippen MR) is 125 cm³/mol. The summed E-state index contributed by atoms with van der Waals surface area (Å²) in [6, 6.07) is 20.1. The van der Waals surface area contributed by atoms with Crippen LogP contribution in [0.4, 0.5) is 11.4 Å². The minimum absolute atomic E-state index is 0.0197. The smallest absolute Gasteiger partial charge is 0.336 e. The molecule has 0 bridgehead atoms. The molecule has 0 unspecified atom stereocenters. The molecular formula is C24H20N2O6S. The highest BCUT2D eigenvalue weighted by molar-refractivity contribution is 7.92. The lowest BCUT2D eigenvalue weighted by molar-refractivity contribution is 0.102. The number of fused-ring (bicyclic) bond motifs is 1. The Morgan fingerprint density at radius 2 is 1.73 bits per heavy atom. The number of amides is 1. The van der Waals surface area contributed by atoms with Crippen LogP contribution in [-0.2, 0) is 10.0 Å². The molecule has 0 fully saturated rings. The second-order valence-corrected chi connectivity index (χ2v) is 9.13. The number of carbonyl (C=O) groups excluding carboxylic acids is 1. The molecule has 1 heterocycles. The van der Waals surface area contributed by atoms with Crippen molar-refractivity contribution in [3.05, 3.63) is 94.8 Å². The zero-order chi connectivity index (χ0) is 23.6. The van der Waals surface area contributed by atoms with Crippen molar-refractivity contribution in [3.8, 4) is 5.75 Å². The zero-order valence-corrected chi connectivity index (χ0v) is 18.6. The van der Waals surface area contributed by atoms with Crippen molar-refractivity contribution in [2.24, 2.45) is 0 Å². The molecule has 0 radical (unpaired) electrons. The van der Waals surface area contributed by atoms with Gasteiger partial charge < -0.3 is 14.5 Å². The summed E-state index contributed by atoms with van der Waals surface area (Å²) in [5.74, 6) is 0.134. The van der Waals surface area contributed by atoms with Crippen molar-refractivity contribution in [1.29, 1.82) is 0 Å². The second kappa shape index (κ2) is 8.79. The standard InChI is InChI=1S/C24H20N2O6S/c1-26(19-8-10-20(31-2)11-9-19)33(29,30)21-5-3-4-17(15-21)24(28)25-18-7-12-22-16(14-18)6-13-23(27)32-22/h3-15H,1-2H3,(H,25,28). The average Bonchev–Trinajstić information content (AvgIpc) is 2.83. The highest BCUT2D eigenvalue weighted by Crippen LogP contribution is 2.25. The van der Waals surface area contributed by atoms with Gasteiger partial charge in [0.1, 0.15) is 11.3 Å². The molecule has 168 valence electrons. The van der Waals surface area contributed by atoms with E-state index in [0.29, 0.717) is 28.1 Å². The number of rotatable bonds is 6. The first-order valence-corrected chi connectivity index (χ1v) is 11.3. The van der Waals surface area contributed by atoms with E-state index in [1.807, 2.05) is 0 Å². The summed E-state index contributed by atoms with van der Waals surface area (Å²) in [5.41, 5.74) is 1.05. The second-order valence-electron chi connectivity index (χ2n) is 7.16. The van der Waals surface area contributed by atoms with Gasteiger partial charge in [0.15, 0.2) is 0 Å². The van der Waals surface area contributed by atoms with Crippen LogP contribution in [0.5, 0.6) is 5.75 Å². The summed E-state index contributed by atoms with van der Waals surface area (Å²) in [4.78, 5) is 24.1. The summed E-state index contributed by atoms with van der Waals surface area (Å²) in [6.45, 7) is 0. The first-order valence-electron chi connectivity index (χ1n) is 9.86. The maximum atomic E-state index is 13.1. The third kappa shape index (κ3) is 4.58. The fraction of sp³-hybridized carbons (Fsp3) is 0.0833. The SMILES string of the molecule is COc1ccc(N(C)S(=O)(=O)c2cccc(C(=O)Nc3ccc4oc(=O)ccc4c3)c2)cc1. The van der Waals surface area contributed by atoms with E-state index >= 15 is 0 Å². The van der Waals surface area contributed by atoms with E-state index < -0.39 is 21.6 Å². The number of ether oxygens (including phenoxy) is 1. The minimum atomic E-state index is -3.90. The Kier molecular flexibility index (Phi) is 5.89. The summed E-state index contributed by atoms with van der Waals surface area (Å²) in [6.07, 6.45) is 0. The number of hydrogen-bond acceptors (Lipinski definition) is 6. The molecule has 9 heteroatoms. The predicted octanol–water partition coefficient (Wildman–Crippen LogP) is 3.88. The molecule has 0 aliphatic heterocycles. The lowest BCUT2D eigenvalue weighted by Gasteiger charge is -2.20. The summed E-state index contributed by atoms with van der Waals surface area (Å²) >= 11 is 0. The van der Waals surface area contributed by atoms with E-state index in [-0.39, 0.29) is 10.5 Å². The quantitative estimate of drug-likeness (QED) is 0.434. The molecule has 1 amide bonds. The normalized spacial score (nSPS) is 11.2. The highest BCUT2D eigenvalue weighted by atomic mass is 32.2. The van der Waals surface area contributed by atoms with Crippen molar-refractivity contribution in [3.63, 3.8) is 0 Å². The van der Waals surface area contributed by atoms with Crippen molar-refractivity contribution in [2.75, 3.05) is 23.8 Å². The van der Waals surface area contributed by atoms with Gasteiger partial charge in [0, 0.05) is 29.8 Å². The van der Waals surface area contributed by atoms with Crippen LogP contribution in [0.2, 0.25) is 0 Å². The maximum Gasteiger partial charge on any atom is 0.336 e. The molecule has 0 saturated carbocycles. The molecule has 4 rings (SSSR count). The molecule has 0 atom stereocenters. The third-order valence-electron chi connectivity index (χ3n) is 5.07. The third-order valence-corrected chi connectivity index (χ3v) is 6.85. The molecule has 0 saturated heterocycles. The molecule has 33 heavy (non-hydrogen) atoms. The van der Waals surface area contributed by atoms with Crippen molar-refractivity contribution < 1.29 is 22.4 Å². The minimum Gasteiger partial charge on any atom is -0.497 e. The zero-order valence-electron chi connectivity index (χ0n) is 17.8. The van der Waals surface area contributed by atoms with Gasteiger partial charge in [-0.1, -0.05) is 6.07 Å². The number of benzene rings is 3. The fourth-order valence-corrected chi connectivity index (χ4v) is 4.48. The van der Waals surface area contributed by atoms with Gasteiger partial charge in [-0.25, -0.2) is 13.2 Å². The van der Waals surface area contributed by atoms with E-state index in [4.69, 9.17) is 9.15 Å². The number of nitrogens with zero attached hydrogens (tertiary/aromatic N) is 1. The number of hydrogen-bond donors (Lipinski definition) is 1. The van der Waals surface area contributed by atoms with Crippen LogP contribution in [0.25, 0.3) is 11.0 Å². The Morgan fingerprint density at radius 3 is 2.45 bits per heavy atom. The Hall–Kier alpha value is -4.11. The van der Waals surface area contributed by atoms with Crippen LogP contribution in [0.15, 0.2) is 93.0 Å². The molecule has 0 aliphatic carbocycles. The largest absolute Gasteiger partial charge is 0.497 e. The van der Waals surface area contributed by atoms with Gasteiger partial charge in [-0.2, -0.15) is 0 Å². The van der Waals surface area contributed by atoms with Gasteiger partial charge in [-0.05, 0) is 66.7 Å². The van der Waals surface area contributed by atoms with Crippen LogP contribution < -0.4 is 20.0 Å². The lowest BCUT2D eigenvalue weighted by atomic mass is 10.2. The van der Waals surface area contributed by atoms with Gasteiger partial charge in [-0.15, -0.1) is 0 Å². The van der Waals surface area contributed by atoms with E-state index in [1.54, 1.807) is 48.5 Å². The van der Waals surface area contributed by atoms with Gasteiger partial charge >= 0.3 is 5.63 Å². The lowest BCUT2D eigenvalue weighted by Crippen LogP contribution is -2.26. The van der Waals surface area contributed by atoms with E-state index in [1.165, 1.54) is 44.5 Å². The molecule has 8 nitrogen and oxygen atoms in total. The molecular weight excluding hydrogens is 444 g/mol. The molecule has 1 aromatic heterocycles. The number of carbonyl (C=O) groups is 1. The van der Waals surface area contributed by atoms with Gasteiger partial charge in [-0.3, -0.25) is 9.10 Å². The Morgan fingerprint density at radius 1 is 0.970 bits per heavy atom. The molecule has 0 aliphatic rings. The van der Waals surface area contributed by atoms with Crippen LogP contribution in [0.1, 0.15) is 10.4 Å². The number of methoxy groups -OCH3 is 1. The monoisotopic (exact) mass is 464 g/mol. The topological polar surface area (TPSA) is 106 Å². The van der Waals surface area contributed by atoms with Gasteiger partial charge in [0.2, 0.25) is 0 Å². The van der Waals surface area contributed by atoms with Gasteiger partial charge in [0.25, 0.3) is 15.9 Å². The Bertz CT molecular complexity index is 1490. The van der Waals surface area contributed by atoms with Crippen LogP contribution >= 0.6 is 0 Å². The maximum absolute atomic E-state index is 13.1. The fourth-order valence-electron chi connectivity index (χ4n) is 3.24. The van der Waals surface area contributed by atoms with E-state index in [2.05, 4.69) is 5.32 Å². The number of anilines is 2.